The Labute approximate surface area is 146 Å². The Bertz CT molecular complexity index is 661. The van der Waals surface area contributed by atoms with Gasteiger partial charge in [0.05, 0.1) is 11.4 Å². The van der Waals surface area contributed by atoms with Crippen molar-refractivity contribution < 1.29 is 9.59 Å². The Morgan fingerprint density at radius 1 is 0.591 bits per heavy atom. The second kappa shape index (κ2) is 9.39. The second-order valence-electron chi connectivity index (χ2n) is 3.66. The highest BCUT2D eigenvalue weighted by Crippen LogP contribution is 2.24. The van der Waals surface area contributed by atoms with Crippen LogP contribution in [0.5, 0.6) is 0 Å². The highest BCUT2D eigenvalue weighted by Gasteiger charge is 1.95. The molecule has 0 aromatic heterocycles. The highest BCUT2D eigenvalue weighted by molar-refractivity contribution is 6.35. The van der Waals surface area contributed by atoms with Crippen LogP contribution in [-0.2, 0) is 9.59 Å². The molecule has 0 aliphatic rings. The van der Waals surface area contributed by atoms with Gasteiger partial charge in [0.15, 0.2) is 0 Å². The van der Waals surface area contributed by atoms with Gasteiger partial charge in [-0.1, -0.05) is 46.4 Å². The van der Waals surface area contributed by atoms with Crippen molar-refractivity contribution in [2.75, 3.05) is 0 Å². The van der Waals surface area contributed by atoms with Gasteiger partial charge in [0.2, 0.25) is 12.2 Å². The summed E-state index contributed by atoms with van der Waals surface area (Å²) in [6, 6.07) is 9.23. The van der Waals surface area contributed by atoms with Crippen LogP contribution < -0.4 is 0 Å². The normalized spacial score (nSPS) is 8.91. The fourth-order valence-electron chi connectivity index (χ4n) is 1.31. The van der Waals surface area contributed by atoms with Crippen LogP contribution in [0.4, 0.5) is 11.4 Å². The molecule has 0 fully saturated rings. The van der Waals surface area contributed by atoms with E-state index in [0.29, 0.717) is 31.5 Å². The SMILES string of the molecule is O=C=Nc1cc(Cl)cc(Cl)c1.O=C=Nc1cc(Cl)cc(Cl)c1. The molecular formula is C14H6Cl4N2O2. The molecule has 0 atom stereocenters. The number of hydrogen-bond acceptors (Lipinski definition) is 4. The molecule has 0 spiro atoms. The number of rotatable bonds is 2. The summed E-state index contributed by atoms with van der Waals surface area (Å²) in [6.45, 7) is 0. The third-order valence-electron chi connectivity index (χ3n) is 2.04. The summed E-state index contributed by atoms with van der Waals surface area (Å²) in [5.41, 5.74) is 0.829. The van der Waals surface area contributed by atoms with Crippen LogP contribution in [-0.4, -0.2) is 12.2 Å². The fourth-order valence-corrected chi connectivity index (χ4v) is 2.34. The zero-order chi connectivity index (χ0) is 16.5. The van der Waals surface area contributed by atoms with Crippen molar-refractivity contribution in [2.24, 2.45) is 9.98 Å². The van der Waals surface area contributed by atoms with E-state index in [1.54, 1.807) is 12.1 Å². The smallest absolute Gasteiger partial charge is 0.211 e. The molecule has 4 nitrogen and oxygen atoms in total. The molecule has 0 bridgehead atoms. The molecule has 0 heterocycles. The Balaban J connectivity index is 0.000000220. The lowest BCUT2D eigenvalue weighted by molar-refractivity contribution is 0.564. The van der Waals surface area contributed by atoms with Gasteiger partial charge in [0.25, 0.3) is 0 Å². The number of nitrogens with zero attached hydrogens (tertiary/aromatic N) is 2. The maximum atomic E-state index is 9.82. The van der Waals surface area contributed by atoms with Crippen LogP contribution in [0.25, 0.3) is 0 Å². The van der Waals surface area contributed by atoms with E-state index in [1.165, 1.54) is 36.4 Å². The van der Waals surface area contributed by atoms with E-state index in [1.807, 2.05) is 0 Å². The third-order valence-corrected chi connectivity index (χ3v) is 2.92. The van der Waals surface area contributed by atoms with Crippen LogP contribution in [0.1, 0.15) is 0 Å². The molecule has 22 heavy (non-hydrogen) atoms. The van der Waals surface area contributed by atoms with Gasteiger partial charge < -0.3 is 0 Å². The molecule has 8 heteroatoms. The molecule has 0 N–H and O–H groups in total. The Morgan fingerprint density at radius 2 is 0.864 bits per heavy atom. The number of aliphatic imine (C=N–C) groups is 2. The molecule has 0 aliphatic carbocycles. The number of isocyanates is 2. The van der Waals surface area contributed by atoms with Gasteiger partial charge in [0, 0.05) is 20.1 Å². The van der Waals surface area contributed by atoms with Gasteiger partial charge in [-0.05, 0) is 36.4 Å². The Kier molecular flexibility index (Phi) is 7.86. The standard InChI is InChI=1S/2C7H3Cl2NO/c2*8-5-1-6(9)3-7(2-5)10-4-11/h2*1-3H. The van der Waals surface area contributed by atoms with E-state index in [9.17, 15) is 9.59 Å². The topological polar surface area (TPSA) is 58.9 Å². The lowest BCUT2D eigenvalue weighted by Gasteiger charge is -1.93. The van der Waals surface area contributed by atoms with Crippen molar-refractivity contribution in [1.82, 2.24) is 0 Å². The first-order valence-electron chi connectivity index (χ1n) is 5.52. The van der Waals surface area contributed by atoms with Crippen molar-refractivity contribution in [3.05, 3.63) is 56.5 Å². The molecule has 2 aromatic carbocycles. The lowest BCUT2D eigenvalue weighted by Crippen LogP contribution is -1.67. The van der Waals surface area contributed by atoms with Crippen LogP contribution in [0, 0.1) is 0 Å². The van der Waals surface area contributed by atoms with Crippen LogP contribution >= 0.6 is 46.4 Å². The van der Waals surface area contributed by atoms with Gasteiger partial charge in [-0.15, -0.1) is 0 Å². The monoisotopic (exact) mass is 374 g/mol. The summed E-state index contributed by atoms with van der Waals surface area (Å²) in [6.07, 6.45) is 2.79. The molecule has 2 aromatic rings. The van der Waals surface area contributed by atoms with Gasteiger partial charge in [-0.25, -0.2) is 9.59 Å². The van der Waals surface area contributed by atoms with Crippen LogP contribution in [0.15, 0.2) is 46.4 Å². The van der Waals surface area contributed by atoms with E-state index in [4.69, 9.17) is 46.4 Å². The fraction of sp³-hybridized carbons (Fsp3) is 0. The molecule has 0 amide bonds. The molecule has 2 rings (SSSR count). The van der Waals surface area contributed by atoms with Gasteiger partial charge in [0.1, 0.15) is 0 Å². The molecule has 0 aliphatic heterocycles. The average Bonchev–Trinajstić information content (AvgIpc) is 2.37. The van der Waals surface area contributed by atoms with E-state index < -0.39 is 0 Å². The first kappa shape index (κ1) is 18.4. The Hall–Kier alpha value is -1.64. The molecule has 0 saturated carbocycles. The zero-order valence-corrected chi connectivity index (χ0v) is 13.7. The van der Waals surface area contributed by atoms with Crippen molar-refractivity contribution >= 4 is 69.9 Å². The molecule has 0 unspecified atom stereocenters. The summed E-state index contributed by atoms with van der Waals surface area (Å²) in [7, 11) is 0. The average molecular weight is 376 g/mol. The minimum absolute atomic E-state index is 0.414. The van der Waals surface area contributed by atoms with Gasteiger partial charge >= 0.3 is 0 Å². The minimum Gasteiger partial charge on any atom is -0.211 e. The van der Waals surface area contributed by atoms with Crippen molar-refractivity contribution in [1.29, 1.82) is 0 Å². The maximum absolute atomic E-state index is 9.82. The van der Waals surface area contributed by atoms with Gasteiger partial charge in [-0.3, -0.25) is 0 Å². The van der Waals surface area contributed by atoms with E-state index in [-0.39, 0.29) is 0 Å². The minimum atomic E-state index is 0.414. The first-order chi connectivity index (χ1) is 10.4. The van der Waals surface area contributed by atoms with Crippen molar-refractivity contribution in [2.45, 2.75) is 0 Å². The summed E-state index contributed by atoms with van der Waals surface area (Å²) in [4.78, 5) is 26.3. The highest BCUT2D eigenvalue weighted by atomic mass is 35.5. The largest absolute Gasteiger partial charge is 0.240 e. The van der Waals surface area contributed by atoms with Crippen LogP contribution in [0.2, 0.25) is 20.1 Å². The number of benzene rings is 2. The van der Waals surface area contributed by atoms with E-state index >= 15 is 0 Å². The van der Waals surface area contributed by atoms with Crippen molar-refractivity contribution in [3.8, 4) is 0 Å². The third kappa shape index (κ3) is 6.88. The summed E-state index contributed by atoms with van der Waals surface area (Å²) >= 11 is 22.4. The summed E-state index contributed by atoms with van der Waals surface area (Å²) in [5.74, 6) is 0. The molecule has 112 valence electrons. The Morgan fingerprint density at radius 3 is 1.09 bits per heavy atom. The number of halogens is 4. The van der Waals surface area contributed by atoms with Crippen molar-refractivity contribution in [3.63, 3.8) is 0 Å². The number of carbonyl (C=O) groups excluding carboxylic acids is 2. The predicted molar refractivity (Wildman–Crippen MR) is 88.5 cm³/mol. The maximum Gasteiger partial charge on any atom is 0.240 e. The lowest BCUT2D eigenvalue weighted by atomic mass is 10.3. The molecule has 0 saturated heterocycles. The van der Waals surface area contributed by atoms with Crippen LogP contribution in [0.3, 0.4) is 0 Å². The van der Waals surface area contributed by atoms with E-state index in [0.717, 1.165) is 0 Å². The molecule has 0 radical (unpaired) electrons. The second-order valence-corrected chi connectivity index (χ2v) is 5.41. The van der Waals surface area contributed by atoms with Gasteiger partial charge in [-0.2, -0.15) is 9.98 Å². The first-order valence-corrected chi connectivity index (χ1v) is 7.03. The number of hydrogen-bond donors (Lipinski definition) is 0. The quantitative estimate of drug-likeness (QED) is 0.483. The summed E-state index contributed by atoms with van der Waals surface area (Å²) in [5, 5.41) is 1.80. The predicted octanol–water partition coefficient (Wildman–Crippen LogP) is 5.92. The van der Waals surface area contributed by atoms with E-state index in [2.05, 4.69) is 9.98 Å². The summed E-state index contributed by atoms with van der Waals surface area (Å²) < 4.78 is 0. The zero-order valence-electron chi connectivity index (χ0n) is 10.7. The molecular weight excluding hydrogens is 370 g/mol.